The largest absolute Gasteiger partial charge is 0.465 e. The fourth-order valence-corrected chi connectivity index (χ4v) is 6.98. The van der Waals surface area contributed by atoms with E-state index in [2.05, 4.69) is 41.7 Å². The lowest BCUT2D eigenvalue weighted by Gasteiger charge is -2.37. The minimum atomic E-state index is -1.04. The first-order valence-corrected chi connectivity index (χ1v) is 16.1. The molecule has 1 fully saturated rings. The van der Waals surface area contributed by atoms with Crippen LogP contribution in [0.15, 0.2) is 127 Å². The molecule has 6 aromatic rings. The Kier molecular flexibility index (Phi) is 8.23. The van der Waals surface area contributed by atoms with Crippen molar-refractivity contribution in [2.45, 2.75) is 25.3 Å². The van der Waals surface area contributed by atoms with E-state index in [1.807, 2.05) is 90.5 Å². The predicted octanol–water partition coefficient (Wildman–Crippen LogP) is 8.32. The number of rotatable bonds is 7. The third-order valence-electron chi connectivity index (χ3n) is 9.31. The van der Waals surface area contributed by atoms with Crippen LogP contribution >= 0.6 is 0 Å². The Morgan fingerprint density at radius 1 is 0.833 bits per heavy atom. The van der Waals surface area contributed by atoms with Gasteiger partial charge >= 0.3 is 6.09 Å². The first-order valence-electron chi connectivity index (χ1n) is 16.1. The molecule has 240 valence electrons. The average Bonchev–Trinajstić information content (AvgIpc) is 3.48. The summed E-state index contributed by atoms with van der Waals surface area (Å²) in [6, 6.07) is 41.1. The molecule has 0 aliphatic carbocycles. The fourth-order valence-electron chi connectivity index (χ4n) is 6.98. The number of carbonyl (C=O) groups excluding carboxylic acids is 1. The standard InChI is InChI=1S/C40H35FN4O3/c1-27-19-21-35(41)33(24-27)28-20-22-36-34(25-28)37(42-38(46)29-12-11-23-44(26-29)39(47)48)43-45(36)40(30-13-5-2-6-14-30,31-15-7-3-8-16-31)32-17-9-4-10-18-32/h2-10,13-22,24-25,29H,11-12,23,26H2,1H3,(H,47,48)(H,42,43,46)/t29-/m1/s1. The van der Waals surface area contributed by atoms with Gasteiger partial charge in [0.25, 0.3) is 0 Å². The molecular weight excluding hydrogens is 603 g/mol. The van der Waals surface area contributed by atoms with Gasteiger partial charge in [0.1, 0.15) is 11.4 Å². The minimum absolute atomic E-state index is 0.113. The molecule has 1 aromatic heterocycles. The molecular formula is C40H35FN4O3. The molecule has 5 aromatic carbocycles. The fraction of sp³-hybridized carbons (Fsp3) is 0.175. The number of nitrogens with one attached hydrogen (secondary N) is 1. The highest BCUT2D eigenvalue weighted by molar-refractivity contribution is 6.02. The van der Waals surface area contributed by atoms with E-state index in [9.17, 15) is 14.7 Å². The summed E-state index contributed by atoms with van der Waals surface area (Å²) in [7, 11) is 0. The van der Waals surface area contributed by atoms with E-state index in [1.165, 1.54) is 11.0 Å². The van der Waals surface area contributed by atoms with Crippen molar-refractivity contribution in [1.29, 1.82) is 0 Å². The number of fused-ring (bicyclic) bond motifs is 1. The van der Waals surface area contributed by atoms with E-state index in [0.717, 1.165) is 27.8 Å². The normalized spacial score (nSPS) is 15.0. The topological polar surface area (TPSA) is 87.5 Å². The van der Waals surface area contributed by atoms with Gasteiger partial charge in [0.15, 0.2) is 5.82 Å². The SMILES string of the molecule is Cc1ccc(F)c(-c2ccc3c(c2)c(NC(=O)[C@@H]2CCCN(C(=O)O)C2)nn3C(c2ccccc2)(c2ccccc2)c2ccccc2)c1. The Hall–Kier alpha value is -5.76. The number of aromatic nitrogens is 2. The molecule has 2 amide bonds. The molecule has 0 bridgehead atoms. The Bertz CT molecular complexity index is 2000. The number of carbonyl (C=O) groups is 2. The molecule has 1 aliphatic heterocycles. The maximum absolute atomic E-state index is 15.2. The van der Waals surface area contributed by atoms with E-state index in [-0.39, 0.29) is 18.3 Å². The zero-order chi connectivity index (χ0) is 33.3. The van der Waals surface area contributed by atoms with Gasteiger partial charge < -0.3 is 15.3 Å². The highest BCUT2D eigenvalue weighted by Gasteiger charge is 2.41. The van der Waals surface area contributed by atoms with Crippen LogP contribution in [0.1, 0.15) is 35.1 Å². The summed E-state index contributed by atoms with van der Waals surface area (Å²) in [4.78, 5) is 26.9. The van der Waals surface area contributed by atoms with E-state index < -0.39 is 17.6 Å². The molecule has 0 spiro atoms. The molecule has 48 heavy (non-hydrogen) atoms. The zero-order valence-electron chi connectivity index (χ0n) is 26.5. The number of anilines is 1. The molecule has 2 N–H and O–H groups in total. The summed E-state index contributed by atoms with van der Waals surface area (Å²) >= 11 is 0. The van der Waals surface area contributed by atoms with Crippen LogP contribution in [0.5, 0.6) is 0 Å². The molecule has 0 unspecified atom stereocenters. The van der Waals surface area contributed by atoms with Crippen molar-refractivity contribution in [1.82, 2.24) is 14.7 Å². The Morgan fingerprint density at radius 2 is 1.44 bits per heavy atom. The maximum atomic E-state index is 15.2. The first kappa shape index (κ1) is 30.9. The summed E-state index contributed by atoms with van der Waals surface area (Å²) in [5, 5.41) is 18.6. The molecule has 0 saturated carbocycles. The van der Waals surface area contributed by atoms with Gasteiger partial charge in [-0.05, 0) is 66.3 Å². The van der Waals surface area contributed by atoms with Crippen molar-refractivity contribution >= 4 is 28.7 Å². The van der Waals surface area contributed by atoms with Gasteiger partial charge in [-0.25, -0.2) is 13.9 Å². The number of piperidine rings is 1. The lowest BCUT2D eigenvalue weighted by Crippen LogP contribution is -2.43. The Morgan fingerprint density at radius 3 is 2.02 bits per heavy atom. The van der Waals surface area contributed by atoms with Crippen molar-refractivity contribution in [2.24, 2.45) is 5.92 Å². The third-order valence-corrected chi connectivity index (χ3v) is 9.31. The Labute approximate surface area is 278 Å². The monoisotopic (exact) mass is 638 g/mol. The number of hydrogen-bond acceptors (Lipinski definition) is 3. The van der Waals surface area contributed by atoms with Gasteiger partial charge in [-0.3, -0.25) is 4.79 Å². The van der Waals surface area contributed by atoms with Crippen LogP contribution in [0.25, 0.3) is 22.0 Å². The quantitative estimate of drug-likeness (QED) is 0.172. The molecule has 7 rings (SSSR count). The van der Waals surface area contributed by atoms with Crippen LogP contribution in [0, 0.1) is 18.7 Å². The van der Waals surface area contributed by atoms with Crippen LogP contribution in [0.4, 0.5) is 15.0 Å². The summed E-state index contributed by atoms with van der Waals surface area (Å²) in [5.41, 5.74) is 4.67. The number of likely N-dealkylation sites (tertiary alicyclic amines) is 1. The third kappa shape index (κ3) is 5.49. The zero-order valence-corrected chi connectivity index (χ0v) is 26.5. The Balaban J connectivity index is 1.49. The van der Waals surface area contributed by atoms with Crippen LogP contribution in [0.3, 0.4) is 0 Å². The van der Waals surface area contributed by atoms with Crippen LogP contribution in [-0.4, -0.2) is 44.9 Å². The van der Waals surface area contributed by atoms with Gasteiger partial charge in [0.2, 0.25) is 5.91 Å². The maximum Gasteiger partial charge on any atom is 0.407 e. The molecule has 1 atom stereocenters. The van der Waals surface area contributed by atoms with E-state index >= 15 is 4.39 Å². The summed E-state index contributed by atoms with van der Waals surface area (Å²) in [6.45, 7) is 2.43. The number of nitrogens with zero attached hydrogens (tertiary/aromatic N) is 3. The molecule has 2 heterocycles. The minimum Gasteiger partial charge on any atom is -0.465 e. The first-order chi connectivity index (χ1) is 23.4. The van der Waals surface area contributed by atoms with Gasteiger partial charge in [-0.15, -0.1) is 0 Å². The van der Waals surface area contributed by atoms with Crippen molar-refractivity contribution < 1.29 is 19.1 Å². The summed E-state index contributed by atoms with van der Waals surface area (Å²) < 4.78 is 17.2. The smallest absolute Gasteiger partial charge is 0.407 e. The lowest BCUT2D eigenvalue weighted by atomic mass is 9.77. The lowest BCUT2D eigenvalue weighted by molar-refractivity contribution is -0.121. The number of halogens is 1. The van der Waals surface area contributed by atoms with E-state index in [1.54, 1.807) is 6.07 Å². The molecule has 0 radical (unpaired) electrons. The number of aryl methyl sites for hydroxylation is 1. The van der Waals surface area contributed by atoms with Crippen molar-refractivity contribution in [3.05, 3.63) is 155 Å². The van der Waals surface area contributed by atoms with E-state index in [4.69, 9.17) is 5.10 Å². The highest BCUT2D eigenvalue weighted by atomic mass is 19.1. The van der Waals surface area contributed by atoms with Gasteiger partial charge in [-0.2, -0.15) is 5.10 Å². The molecule has 1 aliphatic rings. The van der Waals surface area contributed by atoms with E-state index in [0.29, 0.717) is 41.7 Å². The van der Waals surface area contributed by atoms with Crippen LogP contribution in [-0.2, 0) is 10.3 Å². The number of hydrogen-bond donors (Lipinski definition) is 2. The van der Waals surface area contributed by atoms with Crippen LogP contribution < -0.4 is 5.32 Å². The highest BCUT2D eigenvalue weighted by Crippen LogP contribution is 2.44. The summed E-state index contributed by atoms with van der Waals surface area (Å²) in [5.74, 6) is -0.857. The molecule has 7 nitrogen and oxygen atoms in total. The second-order valence-corrected chi connectivity index (χ2v) is 12.3. The van der Waals surface area contributed by atoms with Crippen LogP contribution in [0.2, 0.25) is 0 Å². The molecule has 1 saturated heterocycles. The van der Waals surface area contributed by atoms with Gasteiger partial charge in [0.05, 0.1) is 11.4 Å². The second kappa shape index (κ2) is 12.8. The number of carboxylic acid groups (broad SMARTS) is 1. The number of amides is 2. The van der Waals surface area contributed by atoms with Crippen molar-refractivity contribution in [3.8, 4) is 11.1 Å². The molecule has 8 heteroatoms. The van der Waals surface area contributed by atoms with Crippen molar-refractivity contribution in [2.75, 3.05) is 18.4 Å². The van der Waals surface area contributed by atoms with Gasteiger partial charge in [-0.1, -0.05) is 109 Å². The van der Waals surface area contributed by atoms with Crippen molar-refractivity contribution in [3.63, 3.8) is 0 Å². The van der Waals surface area contributed by atoms with Gasteiger partial charge in [0, 0.05) is 24.0 Å². The summed E-state index contributed by atoms with van der Waals surface area (Å²) in [6.07, 6.45) is 0.122. The second-order valence-electron chi connectivity index (χ2n) is 12.3. The number of benzene rings is 5. The predicted molar refractivity (Wildman–Crippen MR) is 185 cm³/mol. The average molecular weight is 639 g/mol.